The average Bonchev–Trinajstić information content (AvgIpc) is 4.03. The molecule has 0 fully saturated rings. The lowest BCUT2D eigenvalue weighted by atomic mass is 10.0. The summed E-state index contributed by atoms with van der Waals surface area (Å²) in [6, 6.07) is 89.4. The van der Waals surface area contributed by atoms with Crippen LogP contribution in [0.25, 0.3) is 88.1 Å². The first kappa shape index (κ1) is 36.5. The SMILES string of the molecule is c1ccc(-n2c3ccccc3c3cc(-c4cccc([Si](c5ccccc5)(c5ccccc5)c5cccc(-n6c7ccccc7c7c8c(ccc76)oc6ccccc68)c5)c4)ccc32)cc1. The fraction of sp³-hybridized carbons (Fsp3) is 0. The molecule has 0 aliphatic heterocycles. The van der Waals surface area contributed by atoms with Gasteiger partial charge in [0.1, 0.15) is 11.2 Å². The summed E-state index contributed by atoms with van der Waals surface area (Å²) >= 11 is 0. The molecule has 13 aromatic rings. The zero-order chi connectivity index (χ0) is 42.2. The Kier molecular flexibility index (Phi) is 8.23. The van der Waals surface area contributed by atoms with E-state index in [4.69, 9.17) is 4.42 Å². The molecular weight excluding hydrogens is 793 g/mol. The predicted molar refractivity (Wildman–Crippen MR) is 271 cm³/mol. The lowest BCUT2D eigenvalue weighted by Crippen LogP contribution is -2.74. The molecule has 0 radical (unpaired) electrons. The molecule has 0 N–H and O–H groups in total. The van der Waals surface area contributed by atoms with Crippen LogP contribution in [0.2, 0.25) is 0 Å². The summed E-state index contributed by atoms with van der Waals surface area (Å²) in [7, 11) is -2.98. The van der Waals surface area contributed by atoms with E-state index in [0.29, 0.717) is 0 Å². The molecule has 0 unspecified atom stereocenters. The van der Waals surface area contributed by atoms with Gasteiger partial charge in [0, 0.05) is 43.7 Å². The van der Waals surface area contributed by atoms with Gasteiger partial charge in [-0.1, -0.05) is 176 Å². The van der Waals surface area contributed by atoms with Crippen LogP contribution in [-0.4, -0.2) is 17.2 Å². The molecule has 3 aromatic heterocycles. The Bertz CT molecular complexity index is 3860. The quantitative estimate of drug-likeness (QED) is 0.116. The van der Waals surface area contributed by atoms with Crippen molar-refractivity contribution in [3.63, 3.8) is 0 Å². The van der Waals surface area contributed by atoms with E-state index < -0.39 is 8.07 Å². The van der Waals surface area contributed by atoms with Gasteiger partial charge in [-0.25, -0.2) is 0 Å². The first-order valence-corrected chi connectivity index (χ1v) is 24.0. The van der Waals surface area contributed by atoms with Crippen LogP contribution in [0.15, 0.2) is 247 Å². The number of fused-ring (bicyclic) bond motifs is 10. The molecule has 4 heteroatoms. The summed E-state index contributed by atoms with van der Waals surface area (Å²) in [6.07, 6.45) is 0. The smallest absolute Gasteiger partial charge is 0.179 e. The van der Waals surface area contributed by atoms with E-state index in [2.05, 4.69) is 246 Å². The van der Waals surface area contributed by atoms with Crippen LogP contribution >= 0.6 is 0 Å². The molecule has 0 spiro atoms. The van der Waals surface area contributed by atoms with E-state index in [1.165, 1.54) is 70.0 Å². The summed E-state index contributed by atoms with van der Waals surface area (Å²) in [5.74, 6) is 0. The second-order valence-electron chi connectivity index (χ2n) is 16.8. The van der Waals surface area contributed by atoms with Gasteiger partial charge in [-0.3, -0.25) is 0 Å². The molecule has 0 bridgehead atoms. The van der Waals surface area contributed by atoms with Gasteiger partial charge in [-0.2, -0.15) is 0 Å². The van der Waals surface area contributed by atoms with Gasteiger partial charge in [0.2, 0.25) is 0 Å². The van der Waals surface area contributed by atoms with Crippen LogP contribution in [0.5, 0.6) is 0 Å². The standard InChI is InChI=1S/C60H40N2OSi/c1-4-19-43(20-5-1)61-53-31-13-10-28-49(53)52-39-42(34-35-55(52)61)41-18-16-26-47(38-41)64(45-22-6-2-7-23-45,46-24-8-3-9-25-46)48-27-17-21-44(40-48)62-54-32-14-11-29-50(54)59-56(62)36-37-58-60(59)51-30-12-15-33-57(51)63-58/h1-40H. The molecule has 0 aliphatic carbocycles. The van der Waals surface area contributed by atoms with Crippen LogP contribution in [0.4, 0.5) is 0 Å². The zero-order valence-electron chi connectivity index (χ0n) is 34.9. The number of para-hydroxylation sites is 4. The fourth-order valence-corrected chi connectivity index (χ4v) is 15.6. The topological polar surface area (TPSA) is 23.0 Å². The first-order chi connectivity index (χ1) is 31.8. The lowest BCUT2D eigenvalue weighted by Gasteiger charge is -2.35. The normalized spacial score (nSPS) is 12.1. The van der Waals surface area contributed by atoms with Gasteiger partial charge in [0.05, 0.1) is 22.1 Å². The number of benzene rings is 10. The molecule has 0 saturated carbocycles. The molecule has 64 heavy (non-hydrogen) atoms. The lowest BCUT2D eigenvalue weighted by molar-refractivity contribution is 0.669. The maximum absolute atomic E-state index is 6.43. The van der Waals surface area contributed by atoms with Crippen molar-refractivity contribution < 1.29 is 4.42 Å². The van der Waals surface area contributed by atoms with Crippen molar-refractivity contribution >= 4 is 94.4 Å². The molecule has 300 valence electrons. The van der Waals surface area contributed by atoms with E-state index in [1.54, 1.807) is 0 Å². The Morgan fingerprint density at radius 3 is 1.55 bits per heavy atom. The zero-order valence-corrected chi connectivity index (χ0v) is 35.9. The minimum absolute atomic E-state index is 0.908. The van der Waals surface area contributed by atoms with Crippen molar-refractivity contribution in [3.05, 3.63) is 243 Å². The van der Waals surface area contributed by atoms with Crippen LogP contribution in [0.3, 0.4) is 0 Å². The van der Waals surface area contributed by atoms with Gasteiger partial charge in [-0.05, 0) is 98.6 Å². The van der Waals surface area contributed by atoms with Crippen LogP contribution in [0, 0.1) is 0 Å². The first-order valence-electron chi connectivity index (χ1n) is 22.0. The van der Waals surface area contributed by atoms with Crippen molar-refractivity contribution in [1.29, 1.82) is 0 Å². The molecule has 0 atom stereocenters. The third kappa shape index (κ3) is 5.39. The van der Waals surface area contributed by atoms with Crippen molar-refractivity contribution in [3.8, 4) is 22.5 Å². The van der Waals surface area contributed by atoms with Crippen LogP contribution < -0.4 is 20.7 Å². The maximum Gasteiger partial charge on any atom is 0.179 e. The Hall–Kier alpha value is -8.18. The van der Waals surface area contributed by atoms with Crippen molar-refractivity contribution in [2.24, 2.45) is 0 Å². The average molecular weight is 833 g/mol. The number of nitrogens with zero attached hydrogens (tertiary/aromatic N) is 2. The number of hydrogen-bond donors (Lipinski definition) is 0. The van der Waals surface area contributed by atoms with Gasteiger partial charge in [0.15, 0.2) is 8.07 Å². The molecular formula is C60H40N2OSi. The van der Waals surface area contributed by atoms with E-state index in [9.17, 15) is 0 Å². The molecule has 0 aliphatic rings. The molecule has 0 saturated heterocycles. The minimum atomic E-state index is -2.98. The van der Waals surface area contributed by atoms with Gasteiger partial charge >= 0.3 is 0 Å². The van der Waals surface area contributed by atoms with Crippen molar-refractivity contribution in [1.82, 2.24) is 9.13 Å². The number of hydrogen-bond acceptors (Lipinski definition) is 1. The summed E-state index contributed by atoms with van der Waals surface area (Å²) in [5.41, 5.74) is 11.3. The van der Waals surface area contributed by atoms with Crippen LogP contribution in [0.1, 0.15) is 0 Å². The van der Waals surface area contributed by atoms with Gasteiger partial charge in [0.25, 0.3) is 0 Å². The fourth-order valence-electron chi connectivity index (χ4n) is 10.7. The molecule has 10 aromatic carbocycles. The molecule has 3 heterocycles. The highest BCUT2D eigenvalue weighted by Crippen LogP contribution is 2.41. The van der Waals surface area contributed by atoms with E-state index in [0.717, 1.165) is 38.8 Å². The number of aromatic nitrogens is 2. The monoisotopic (exact) mass is 832 g/mol. The third-order valence-electron chi connectivity index (χ3n) is 13.4. The largest absolute Gasteiger partial charge is 0.456 e. The summed E-state index contributed by atoms with van der Waals surface area (Å²) < 4.78 is 11.3. The Morgan fingerprint density at radius 1 is 0.281 bits per heavy atom. The molecule has 3 nitrogen and oxygen atoms in total. The van der Waals surface area contributed by atoms with Gasteiger partial charge in [-0.15, -0.1) is 0 Å². The highest BCUT2D eigenvalue weighted by molar-refractivity contribution is 7.20. The summed E-state index contributed by atoms with van der Waals surface area (Å²) in [5, 5.41) is 12.6. The highest BCUT2D eigenvalue weighted by atomic mass is 28.3. The molecule has 0 amide bonds. The van der Waals surface area contributed by atoms with E-state index >= 15 is 0 Å². The maximum atomic E-state index is 6.43. The van der Waals surface area contributed by atoms with Crippen molar-refractivity contribution in [2.75, 3.05) is 0 Å². The summed E-state index contributed by atoms with van der Waals surface area (Å²) in [4.78, 5) is 0. The molecule has 13 rings (SSSR count). The Morgan fingerprint density at radius 2 is 0.797 bits per heavy atom. The van der Waals surface area contributed by atoms with Gasteiger partial charge < -0.3 is 13.6 Å². The number of furan rings is 1. The third-order valence-corrected chi connectivity index (χ3v) is 18.2. The minimum Gasteiger partial charge on any atom is -0.456 e. The van der Waals surface area contributed by atoms with Crippen molar-refractivity contribution in [2.45, 2.75) is 0 Å². The highest BCUT2D eigenvalue weighted by Gasteiger charge is 2.42. The Labute approximate surface area is 371 Å². The Balaban J connectivity index is 1.05. The second-order valence-corrected chi connectivity index (χ2v) is 20.6. The van der Waals surface area contributed by atoms with E-state index in [-0.39, 0.29) is 0 Å². The predicted octanol–water partition coefficient (Wildman–Crippen LogP) is 12.8. The number of rotatable bonds is 7. The van der Waals surface area contributed by atoms with E-state index in [1.807, 2.05) is 6.07 Å². The second kappa shape index (κ2) is 14.5. The van der Waals surface area contributed by atoms with Crippen LogP contribution in [-0.2, 0) is 0 Å². The summed E-state index contributed by atoms with van der Waals surface area (Å²) in [6.45, 7) is 0.